The fourth-order valence-corrected chi connectivity index (χ4v) is 4.54. The van der Waals surface area contributed by atoms with Crippen LogP contribution in [0.5, 0.6) is 0 Å². The number of likely N-dealkylation sites (N-methyl/N-ethyl adjacent to an activating group) is 1. The lowest BCUT2D eigenvalue weighted by molar-refractivity contribution is 0.0819. The molecule has 106 valence electrons. The lowest BCUT2D eigenvalue weighted by atomic mass is 10.1. The highest BCUT2D eigenvalue weighted by atomic mass is 35.5. The molecule has 1 N–H and O–H groups in total. The number of benzene rings is 1. The molecule has 0 bridgehead atoms. The van der Waals surface area contributed by atoms with Crippen molar-refractivity contribution in [3.8, 4) is 0 Å². The first kappa shape index (κ1) is 14.8. The molecule has 1 heterocycles. The number of rotatable bonds is 4. The number of hydrogen-bond acceptors (Lipinski definition) is 4. The Bertz CT molecular complexity index is 547. The van der Waals surface area contributed by atoms with E-state index < -0.39 is 15.9 Å². The molecule has 19 heavy (non-hydrogen) atoms. The van der Waals surface area contributed by atoms with Gasteiger partial charge in [-0.15, -0.1) is 0 Å². The number of aliphatic hydroxyl groups is 1. The van der Waals surface area contributed by atoms with Crippen molar-refractivity contribution in [3.63, 3.8) is 0 Å². The number of nitrogens with zero attached hydrogens (tertiary/aromatic N) is 1. The summed E-state index contributed by atoms with van der Waals surface area (Å²) in [6.45, 7) is 3.24. The van der Waals surface area contributed by atoms with Gasteiger partial charge in [0.1, 0.15) is 0 Å². The summed E-state index contributed by atoms with van der Waals surface area (Å²) in [5, 5.41) is 10.6. The molecule has 6 heteroatoms. The van der Waals surface area contributed by atoms with Gasteiger partial charge < -0.3 is 5.11 Å². The van der Waals surface area contributed by atoms with Gasteiger partial charge in [0.15, 0.2) is 9.84 Å². The molecule has 2 atom stereocenters. The minimum absolute atomic E-state index is 0.0303. The van der Waals surface area contributed by atoms with E-state index in [2.05, 4.69) is 0 Å². The Balaban J connectivity index is 2.13. The Morgan fingerprint density at radius 3 is 2.68 bits per heavy atom. The molecule has 0 radical (unpaired) electrons. The zero-order valence-electron chi connectivity index (χ0n) is 10.8. The van der Waals surface area contributed by atoms with Crippen LogP contribution >= 0.6 is 11.6 Å². The quantitative estimate of drug-likeness (QED) is 0.911. The topological polar surface area (TPSA) is 57.6 Å². The summed E-state index contributed by atoms with van der Waals surface area (Å²) >= 11 is 5.94. The molecule has 1 aromatic carbocycles. The van der Waals surface area contributed by atoms with Gasteiger partial charge in [-0.2, -0.15) is 0 Å². The Morgan fingerprint density at radius 1 is 1.42 bits per heavy atom. The summed E-state index contributed by atoms with van der Waals surface area (Å²) < 4.78 is 23.1. The lowest BCUT2D eigenvalue weighted by Crippen LogP contribution is -2.42. The van der Waals surface area contributed by atoms with Crippen molar-refractivity contribution >= 4 is 21.4 Å². The normalized spacial score (nSPS) is 25.9. The van der Waals surface area contributed by atoms with Gasteiger partial charge in [-0.05, 0) is 24.2 Å². The highest BCUT2D eigenvalue weighted by molar-refractivity contribution is 7.91. The van der Waals surface area contributed by atoms with Gasteiger partial charge >= 0.3 is 0 Å². The number of hydrogen-bond donors (Lipinski definition) is 1. The molecule has 1 aromatic rings. The van der Waals surface area contributed by atoms with Crippen molar-refractivity contribution in [2.75, 3.05) is 18.1 Å². The standard InChI is InChI=1S/C13H18ClNO3S/c1-2-15(7-10-4-3-5-11(14)6-10)12-8-19(17,18)9-13(12)16/h3-6,12-13,16H,2,7-9H2,1H3/t12-,13-/m1/s1. The summed E-state index contributed by atoms with van der Waals surface area (Å²) in [4.78, 5) is 1.99. The maximum absolute atomic E-state index is 11.6. The van der Waals surface area contributed by atoms with Gasteiger partial charge in [-0.3, -0.25) is 4.90 Å². The lowest BCUT2D eigenvalue weighted by Gasteiger charge is -2.28. The average molecular weight is 304 g/mol. The Kier molecular flexibility index (Phi) is 4.50. The third kappa shape index (κ3) is 3.69. The predicted octanol–water partition coefficient (Wildman–Crippen LogP) is 1.32. The number of halogens is 1. The molecular weight excluding hydrogens is 286 g/mol. The van der Waals surface area contributed by atoms with Gasteiger partial charge in [-0.25, -0.2) is 8.42 Å². The molecule has 0 spiro atoms. The van der Waals surface area contributed by atoms with Crippen LogP contribution in [0.15, 0.2) is 24.3 Å². The molecule has 1 aliphatic rings. The van der Waals surface area contributed by atoms with E-state index in [4.69, 9.17) is 11.6 Å². The molecule has 4 nitrogen and oxygen atoms in total. The largest absolute Gasteiger partial charge is 0.390 e. The van der Waals surface area contributed by atoms with Crippen LogP contribution in [0.25, 0.3) is 0 Å². The van der Waals surface area contributed by atoms with Crippen LogP contribution in [0.3, 0.4) is 0 Å². The number of aliphatic hydroxyl groups excluding tert-OH is 1. The zero-order valence-corrected chi connectivity index (χ0v) is 12.4. The van der Waals surface area contributed by atoms with E-state index in [1.165, 1.54) is 0 Å². The van der Waals surface area contributed by atoms with E-state index in [0.717, 1.165) is 5.56 Å². The van der Waals surface area contributed by atoms with Crippen LogP contribution in [0.1, 0.15) is 12.5 Å². The predicted molar refractivity (Wildman–Crippen MR) is 76.0 cm³/mol. The van der Waals surface area contributed by atoms with Crippen LogP contribution in [0, 0.1) is 0 Å². The van der Waals surface area contributed by atoms with E-state index in [9.17, 15) is 13.5 Å². The van der Waals surface area contributed by atoms with Crippen LogP contribution < -0.4 is 0 Å². The molecule has 1 fully saturated rings. The molecule has 2 rings (SSSR count). The van der Waals surface area contributed by atoms with Crippen molar-refractivity contribution in [1.82, 2.24) is 4.90 Å². The van der Waals surface area contributed by atoms with Crippen LogP contribution in [0.4, 0.5) is 0 Å². The summed E-state index contributed by atoms with van der Waals surface area (Å²) in [6, 6.07) is 7.16. The zero-order chi connectivity index (χ0) is 14.0. The van der Waals surface area contributed by atoms with Crippen LogP contribution in [0.2, 0.25) is 5.02 Å². The summed E-state index contributed by atoms with van der Waals surface area (Å²) in [5.41, 5.74) is 1.02. The van der Waals surface area contributed by atoms with E-state index >= 15 is 0 Å². The van der Waals surface area contributed by atoms with E-state index in [-0.39, 0.29) is 17.5 Å². The Hall–Kier alpha value is -0.620. The summed E-state index contributed by atoms with van der Waals surface area (Å²) in [5.74, 6) is -0.105. The fraction of sp³-hybridized carbons (Fsp3) is 0.538. The molecule has 1 saturated heterocycles. The van der Waals surface area contributed by atoms with Gasteiger partial charge in [0.25, 0.3) is 0 Å². The number of sulfone groups is 1. The molecule has 0 unspecified atom stereocenters. The van der Waals surface area contributed by atoms with Crippen molar-refractivity contribution in [1.29, 1.82) is 0 Å². The van der Waals surface area contributed by atoms with E-state index in [0.29, 0.717) is 18.1 Å². The van der Waals surface area contributed by atoms with Gasteiger partial charge in [0.05, 0.1) is 23.7 Å². The maximum Gasteiger partial charge on any atom is 0.154 e. The molecular formula is C13H18ClNO3S. The monoisotopic (exact) mass is 303 g/mol. The third-order valence-corrected chi connectivity index (χ3v) is 5.38. The van der Waals surface area contributed by atoms with Crippen molar-refractivity contribution in [2.45, 2.75) is 25.6 Å². The average Bonchev–Trinajstić information content (AvgIpc) is 2.60. The van der Waals surface area contributed by atoms with Crippen LogP contribution in [-0.4, -0.2) is 48.6 Å². The van der Waals surface area contributed by atoms with Crippen molar-refractivity contribution in [2.24, 2.45) is 0 Å². The highest BCUT2D eigenvalue weighted by Gasteiger charge is 2.39. The van der Waals surface area contributed by atoms with Crippen molar-refractivity contribution in [3.05, 3.63) is 34.9 Å². The Morgan fingerprint density at radius 2 is 2.16 bits per heavy atom. The highest BCUT2D eigenvalue weighted by Crippen LogP contribution is 2.21. The molecule has 1 aliphatic heterocycles. The van der Waals surface area contributed by atoms with Gasteiger partial charge in [-0.1, -0.05) is 30.7 Å². The summed E-state index contributed by atoms with van der Waals surface area (Å²) in [7, 11) is -3.12. The molecule has 0 saturated carbocycles. The third-order valence-electron chi connectivity index (χ3n) is 3.44. The minimum Gasteiger partial charge on any atom is -0.390 e. The molecule has 0 aliphatic carbocycles. The second-order valence-electron chi connectivity index (χ2n) is 4.90. The smallest absolute Gasteiger partial charge is 0.154 e. The SMILES string of the molecule is CCN(Cc1cccc(Cl)c1)[C@@H]1CS(=O)(=O)C[C@H]1O. The van der Waals surface area contributed by atoms with Gasteiger partial charge in [0, 0.05) is 11.6 Å². The van der Waals surface area contributed by atoms with Gasteiger partial charge in [0.2, 0.25) is 0 Å². The van der Waals surface area contributed by atoms with E-state index in [1.807, 2.05) is 30.0 Å². The van der Waals surface area contributed by atoms with Crippen LogP contribution in [-0.2, 0) is 16.4 Å². The molecule has 0 amide bonds. The Labute approximate surface area is 118 Å². The first-order valence-corrected chi connectivity index (χ1v) is 8.48. The minimum atomic E-state index is -3.12. The fourth-order valence-electron chi connectivity index (χ4n) is 2.49. The second-order valence-corrected chi connectivity index (χ2v) is 7.49. The second kappa shape index (κ2) is 5.79. The molecule has 0 aromatic heterocycles. The first-order valence-electron chi connectivity index (χ1n) is 6.28. The first-order chi connectivity index (χ1) is 8.91. The van der Waals surface area contributed by atoms with Crippen molar-refractivity contribution < 1.29 is 13.5 Å². The maximum atomic E-state index is 11.6. The van der Waals surface area contributed by atoms with E-state index in [1.54, 1.807) is 6.07 Å². The summed E-state index contributed by atoms with van der Waals surface area (Å²) in [6.07, 6.45) is -0.802.